The van der Waals surface area contributed by atoms with Crippen LogP contribution < -0.4 is 5.32 Å². The number of carbonyl (C=O) groups excluding carboxylic acids is 2. The van der Waals surface area contributed by atoms with Gasteiger partial charge >= 0.3 is 0 Å². The van der Waals surface area contributed by atoms with E-state index in [0.717, 1.165) is 45.1 Å². The zero-order valence-electron chi connectivity index (χ0n) is 9.58. The number of rotatable bonds is 6. The van der Waals surface area contributed by atoms with Crippen LogP contribution in [0.25, 0.3) is 0 Å². The molecule has 1 aliphatic rings. The third-order valence-corrected chi connectivity index (χ3v) is 3.16. The van der Waals surface area contributed by atoms with Crippen molar-refractivity contribution >= 4 is 12.1 Å². The number of hydrogen-bond donors (Lipinski definition) is 1. The number of ketones is 1. The van der Waals surface area contributed by atoms with Crippen molar-refractivity contribution in [3.63, 3.8) is 0 Å². The maximum Gasteiger partial charge on any atom is 0.211 e. The quantitative estimate of drug-likeness (QED) is 0.318. The normalized spacial score (nSPS) is 24.7. The number of piperidine rings is 1. The molecule has 2 atom stereocenters. The molecular formula is C13H19NO2. The molecule has 0 spiro atoms. The van der Waals surface area contributed by atoms with Gasteiger partial charge in [-0.2, -0.15) is 0 Å². The van der Waals surface area contributed by atoms with Gasteiger partial charge in [-0.3, -0.25) is 9.59 Å². The zero-order valence-corrected chi connectivity index (χ0v) is 9.58. The average molecular weight is 221 g/mol. The average Bonchev–Trinajstić information content (AvgIpc) is 2.34. The predicted molar refractivity (Wildman–Crippen MR) is 62.9 cm³/mol. The second kappa shape index (κ2) is 7.19. The van der Waals surface area contributed by atoms with Crippen molar-refractivity contribution in [2.24, 2.45) is 5.92 Å². The second-order valence-electron chi connectivity index (χ2n) is 4.37. The third kappa shape index (κ3) is 4.16. The topological polar surface area (TPSA) is 46.2 Å². The van der Waals surface area contributed by atoms with E-state index in [0.29, 0.717) is 12.2 Å². The highest BCUT2D eigenvalue weighted by molar-refractivity contribution is 6.27. The minimum atomic E-state index is -0.314. The van der Waals surface area contributed by atoms with Crippen LogP contribution >= 0.6 is 0 Å². The van der Waals surface area contributed by atoms with Crippen molar-refractivity contribution in [1.29, 1.82) is 0 Å². The number of unbranched alkanes of at least 4 members (excludes halogenated alkanes) is 2. The van der Waals surface area contributed by atoms with Crippen molar-refractivity contribution in [2.45, 2.75) is 44.6 Å². The summed E-state index contributed by atoms with van der Waals surface area (Å²) >= 11 is 0. The fraction of sp³-hybridized carbons (Fsp3) is 0.692. The van der Waals surface area contributed by atoms with Gasteiger partial charge in [-0.05, 0) is 38.1 Å². The SMILES string of the molecule is C#CCCCCC1CCC(C(=O)C=O)NC1. The van der Waals surface area contributed by atoms with E-state index >= 15 is 0 Å². The Bertz CT molecular complexity index is 272. The van der Waals surface area contributed by atoms with Gasteiger partial charge in [0.2, 0.25) is 5.78 Å². The summed E-state index contributed by atoms with van der Waals surface area (Å²) in [5.74, 6) is 2.95. The first kappa shape index (κ1) is 12.9. The van der Waals surface area contributed by atoms with Crippen LogP contribution in [0.1, 0.15) is 38.5 Å². The van der Waals surface area contributed by atoms with Crippen molar-refractivity contribution in [3.05, 3.63) is 0 Å². The van der Waals surface area contributed by atoms with Gasteiger partial charge in [0.05, 0.1) is 6.04 Å². The summed E-state index contributed by atoms with van der Waals surface area (Å²) in [5, 5.41) is 3.14. The minimum absolute atomic E-state index is 0.237. The molecule has 0 aromatic rings. The molecule has 0 aromatic carbocycles. The summed E-state index contributed by atoms with van der Waals surface area (Å²) in [4.78, 5) is 21.4. The van der Waals surface area contributed by atoms with Crippen molar-refractivity contribution in [1.82, 2.24) is 5.32 Å². The molecule has 1 saturated heterocycles. The van der Waals surface area contributed by atoms with Crippen molar-refractivity contribution < 1.29 is 9.59 Å². The molecular weight excluding hydrogens is 202 g/mol. The number of Topliss-reactive ketones (excluding diaryl/α,β-unsaturated/α-hetero) is 1. The molecule has 1 rings (SSSR count). The molecule has 0 radical (unpaired) electrons. The van der Waals surface area contributed by atoms with Gasteiger partial charge in [0.15, 0.2) is 6.29 Å². The van der Waals surface area contributed by atoms with Gasteiger partial charge in [-0.1, -0.05) is 6.42 Å². The molecule has 3 nitrogen and oxygen atoms in total. The summed E-state index contributed by atoms with van der Waals surface area (Å²) in [6.07, 6.45) is 11.7. The maximum atomic E-state index is 11.1. The number of terminal acetylenes is 1. The van der Waals surface area contributed by atoms with Gasteiger partial charge in [-0.15, -0.1) is 12.3 Å². The summed E-state index contributed by atoms with van der Waals surface area (Å²) in [6, 6.07) is -0.237. The first-order chi connectivity index (χ1) is 7.77. The smallest absolute Gasteiger partial charge is 0.211 e. The van der Waals surface area contributed by atoms with E-state index in [-0.39, 0.29) is 11.8 Å². The molecule has 1 heterocycles. The standard InChI is InChI=1S/C13H19NO2/c1-2-3-4-5-6-11-7-8-12(14-9-11)13(16)10-15/h1,10-12,14H,3-9H2. The van der Waals surface area contributed by atoms with E-state index in [2.05, 4.69) is 11.2 Å². The lowest BCUT2D eigenvalue weighted by Gasteiger charge is -2.27. The fourth-order valence-corrected chi connectivity index (χ4v) is 2.15. The van der Waals surface area contributed by atoms with Gasteiger partial charge in [0.1, 0.15) is 0 Å². The lowest BCUT2D eigenvalue weighted by Crippen LogP contribution is -2.44. The number of hydrogen-bond acceptors (Lipinski definition) is 3. The van der Waals surface area contributed by atoms with Crippen LogP contribution in [0.2, 0.25) is 0 Å². The van der Waals surface area contributed by atoms with Gasteiger partial charge < -0.3 is 5.32 Å². The number of carbonyl (C=O) groups is 2. The predicted octanol–water partition coefficient (Wildman–Crippen LogP) is 1.32. The van der Waals surface area contributed by atoms with Crippen LogP contribution in [0, 0.1) is 18.3 Å². The molecule has 0 saturated carbocycles. The molecule has 0 amide bonds. The van der Waals surface area contributed by atoms with E-state index < -0.39 is 0 Å². The summed E-state index contributed by atoms with van der Waals surface area (Å²) in [7, 11) is 0. The van der Waals surface area contributed by atoms with Crippen LogP contribution in [0.4, 0.5) is 0 Å². The molecule has 2 unspecified atom stereocenters. The lowest BCUT2D eigenvalue weighted by molar-refractivity contribution is -0.131. The molecule has 0 bridgehead atoms. The first-order valence-corrected chi connectivity index (χ1v) is 5.93. The second-order valence-corrected chi connectivity index (χ2v) is 4.37. The Kier molecular flexibility index (Phi) is 5.81. The number of aldehydes is 1. The van der Waals surface area contributed by atoms with E-state index in [1.165, 1.54) is 0 Å². The Balaban J connectivity index is 2.15. The van der Waals surface area contributed by atoms with Gasteiger partial charge in [0, 0.05) is 6.42 Å². The van der Waals surface area contributed by atoms with E-state index in [9.17, 15) is 9.59 Å². The van der Waals surface area contributed by atoms with Crippen molar-refractivity contribution in [2.75, 3.05) is 6.54 Å². The molecule has 88 valence electrons. The molecule has 3 heteroatoms. The molecule has 1 N–H and O–H groups in total. The van der Waals surface area contributed by atoms with E-state index in [1.54, 1.807) is 0 Å². The molecule has 1 fully saturated rings. The van der Waals surface area contributed by atoms with Gasteiger partial charge in [-0.25, -0.2) is 0 Å². The summed E-state index contributed by atoms with van der Waals surface area (Å²) < 4.78 is 0. The summed E-state index contributed by atoms with van der Waals surface area (Å²) in [6.45, 7) is 0.848. The Morgan fingerprint density at radius 2 is 2.25 bits per heavy atom. The molecule has 0 aromatic heterocycles. The maximum absolute atomic E-state index is 11.1. The molecule has 16 heavy (non-hydrogen) atoms. The van der Waals surface area contributed by atoms with Crippen LogP contribution in [-0.4, -0.2) is 24.7 Å². The fourth-order valence-electron chi connectivity index (χ4n) is 2.15. The largest absolute Gasteiger partial charge is 0.307 e. The van der Waals surface area contributed by atoms with E-state index in [4.69, 9.17) is 6.42 Å². The van der Waals surface area contributed by atoms with Gasteiger partial charge in [0.25, 0.3) is 0 Å². The van der Waals surface area contributed by atoms with Crippen LogP contribution in [-0.2, 0) is 9.59 Å². The highest BCUT2D eigenvalue weighted by atomic mass is 16.2. The lowest BCUT2D eigenvalue weighted by atomic mass is 9.89. The Morgan fingerprint density at radius 1 is 1.44 bits per heavy atom. The summed E-state index contributed by atoms with van der Waals surface area (Å²) in [5.41, 5.74) is 0. The zero-order chi connectivity index (χ0) is 11.8. The molecule has 1 aliphatic heterocycles. The first-order valence-electron chi connectivity index (χ1n) is 5.93. The number of nitrogens with one attached hydrogen (secondary N) is 1. The highest BCUT2D eigenvalue weighted by Gasteiger charge is 2.24. The molecule has 0 aliphatic carbocycles. The van der Waals surface area contributed by atoms with E-state index in [1.807, 2.05) is 0 Å². The monoisotopic (exact) mass is 221 g/mol. The van der Waals surface area contributed by atoms with Crippen LogP contribution in [0.3, 0.4) is 0 Å². The third-order valence-electron chi connectivity index (χ3n) is 3.16. The Labute approximate surface area is 97.0 Å². The Hall–Kier alpha value is -1.14. The minimum Gasteiger partial charge on any atom is -0.307 e. The van der Waals surface area contributed by atoms with Crippen molar-refractivity contribution in [3.8, 4) is 12.3 Å². The van der Waals surface area contributed by atoms with Crippen LogP contribution in [0.5, 0.6) is 0 Å². The van der Waals surface area contributed by atoms with Crippen LogP contribution in [0.15, 0.2) is 0 Å². The highest BCUT2D eigenvalue weighted by Crippen LogP contribution is 2.20. The Morgan fingerprint density at radius 3 is 2.81 bits per heavy atom.